The number of thiophene rings is 1. The first kappa shape index (κ1) is 73.7. The highest BCUT2D eigenvalue weighted by atomic mass is 32.1. The molecule has 8 heteroatoms. The number of pyridine rings is 1. The molecule has 0 bridgehead atoms. The second-order valence-electron chi connectivity index (χ2n) is 35.0. The quantitative estimate of drug-likeness (QED) is 0.159. The van der Waals surface area contributed by atoms with Crippen molar-refractivity contribution in [1.29, 1.82) is 0 Å². The highest BCUT2D eigenvalue weighted by Crippen LogP contribution is 2.54. The molecule has 608 valence electrons. The number of para-hydroxylation sites is 8. The zero-order chi connectivity index (χ0) is 85.6. The van der Waals surface area contributed by atoms with Crippen molar-refractivity contribution in [2.75, 3.05) is 0 Å². The molecule has 0 saturated heterocycles. The predicted octanol–water partition coefficient (Wildman–Crippen LogP) is 34.2. The minimum absolute atomic E-state index is 0.0752. The first-order valence-electron chi connectivity index (χ1n) is 44.5. The predicted molar refractivity (Wildman–Crippen MR) is 547 cm³/mol. The maximum Gasteiger partial charge on any atom is 0.136 e. The number of nitrogens with zero attached hydrogens (tertiary/aromatic N) is 4. The molecule has 0 atom stereocenters. The van der Waals surface area contributed by atoms with E-state index in [4.69, 9.17) is 13.3 Å². The number of benzene rings is 20. The molecule has 0 N–H and O–H groups in total. The van der Waals surface area contributed by atoms with Gasteiger partial charge in [0.2, 0.25) is 0 Å². The van der Waals surface area contributed by atoms with Crippen LogP contribution in [0.3, 0.4) is 0 Å². The monoisotopic (exact) mass is 1680 g/mol. The lowest BCUT2D eigenvalue weighted by atomic mass is 9.81. The Kier molecular flexibility index (Phi) is 16.3. The molecule has 28 aromatic rings. The van der Waals surface area contributed by atoms with E-state index in [0.717, 1.165) is 77.8 Å². The number of hydrogen-bond acceptors (Lipinski definition) is 5. The van der Waals surface area contributed by atoms with Gasteiger partial charge < -0.3 is 27.0 Å². The zero-order valence-corrected chi connectivity index (χ0v) is 71.7. The van der Waals surface area contributed by atoms with Crippen LogP contribution < -0.4 is 0 Å². The molecule has 1 aliphatic rings. The van der Waals surface area contributed by atoms with Gasteiger partial charge in [0.1, 0.15) is 27.9 Å². The Labute approximate surface area is 749 Å². The van der Waals surface area contributed by atoms with E-state index in [9.17, 15) is 0 Å². The van der Waals surface area contributed by atoms with Crippen LogP contribution in [0.25, 0.3) is 256 Å². The van der Waals surface area contributed by atoms with Gasteiger partial charge in [-0.15, -0.1) is 11.3 Å². The summed E-state index contributed by atoms with van der Waals surface area (Å²) in [6, 6.07) is 147. The fraction of sp³-hybridized carbons (Fsp3) is 0.0246. The first-order chi connectivity index (χ1) is 64.3. The van der Waals surface area contributed by atoms with Crippen molar-refractivity contribution < 1.29 is 13.3 Å². The summed E-state index contributed by atoms with van der Waals surface area (Å²) in [6.45, 7) is 4.70. The maximum absolute atomic E-state index is 6.67. The van der Waals surface area contributed by atoms with Crippen molar-refractivity contribution >= 4 is 195 Å². The summed E-state index contributed by atoms with van der Waals surface area (Å²) in [5.41, 5.74) is 30.0. The van der Waals surface area contributed by atoms with Crippen LogP contribution in [0.2, 0.25) is 0 Å². The van der Waals surface area contributed by atoms with Crippen LogP contribution in [-0.2, 0) is 5.41 Å². The van der Waals surface area contributed by atoms with E-state index in [2.05, 4.69) is 427 Å². The van der Waals surface area contributed by atoms with E-state index in [1.54, 1.807) is 0 Å². The SMILES string of the molecule is CC1(C)c2ccccc2-c2ccc(-c3cc4oc5ccccc5c4c4c3ccc3c5ccccc5n(-c5ccccc5)c34)cc21.c1ccc(-n2c3ccccc3c3cc(-c4cc5occc5c5c4ccc4c6ccccc6n(-c6ccccc6)c45)ccc32)cc1.c1cncc(-c2ccc(-c3cc4oc5ccccc5c4c4c3ccc3c5cc6ccccc6cc5sc34)cc2)c1. The lowest BCUT2D eigenvalue weighted by Crippen LogP contribution is -2.14. The molecule has 8 heterocycles. The standard InChI is InChI=1S/C43H29NO.C42H26N2O.C37H21NOS/c1-43(2)35-17-9-6-14-28(35)29-21-20-26(24-36(29)43)34-25-39-40(33-16-8-11-19-38(33)45-39)41-31(34)22-23-32-30-15-7-10-18-37(30)44(42(32)41)27-12-4-3-5-13-27;1-3-11-28(12-4-1)43-37-17-9-8-16-31(37)36-25-27(19-22-39(36)43)35-26-40-34(23-24-45-40)41-32(35)20-21-33-30-15-7-10-18-38(30)44(42(33)41)29-13-5-2-6-14-29;1-2-7-25-19-34-31(18-24(25)6-1)28-16-15-27-30(23-13-11-22(12-14-23)26-8-5-17-38-21-26)20-33-35(36(27)37(28)40-34)29-9-3-4-10-32(29)39-33/h3-25H,1-2H3;1-26H;1-21H. The van der Waals surface area contributed by atoms with E-state index in [0.29, 0.717) is 0 Å². The van der Waals surface area contributed by atoms with E-state index < -0.39 is 0 Å². The molecule has 130 heavy (non-hydrogen) atoms. The Hall–Kier alpha value is -16.7. The Morgan fingerprint density at radius 2 is 0.708 bits per heavy atom. The molecule has 8 aromatic heterocycles. The Bertz CT molecular complexity index is 9580. The van der Waals surface area contributed by atoms with Gasteiger partial charge in [0.05, 0.1) is 39.4 Å². The fourth-order valence-electron chi connectivity index (χ4n) is 21.9. The van der Waals surface area contributed by atoms with Crippen molar-refractivity contribution in [3.63, 3.8) is 0 Å². The van der Waals surface area contributed by atoms with Gasteiger partial charge in [-0.2, -0.15) is 0 Å². The van der Waals surface area contributed by atoms with Crippen LogP contribution >= 0.6 is 11.3 Å². The van der Waals surface area contributed by atoms with Gasteiger partial charge in [-0.3, -0.25) is 4.98 Å². The second kappa shape index (κ2) is 28.7. The van der Waals surface area contributed by atoms with Gasteiger partial charge in [0.25, 0.3) is 0 Å². The second-order valence-corrected chi connectivity index (χ2v) is 36.1. The third-order valence-corrected chi connectivity index (χ3v) is 28.9. The first-order valence-corrected chi connectivity index (χ1v) is 45.3. The largest absolute Gasteiger partial charge is 0.464 e. The van der Waals surface area contributed by atoms with Gasteiger partial charge in [-0.1, -0.05) is 293 Å². The molecule has 0 radical (unpaired) electrons. The molecule has 0 amide bonds. The molecular formula is C122H76N4O3S. The molecule has 0 fully saturated rings. The lowest BCUT2D eigenvalue weighted by molar-refractivity contribution is 0.616. The number of fused-ring (bicyclic) bond motifs is 32. The molecule has 0 unspecified atom stereocenters. The summed E-state index contributed by atoms with van der Waals surface area (Å²) in [5.74, 6) is 0. The molecule has 7 nitrogen and oxygen atoms in total. The highest BCUT2D eigenvalue weighted by molar-refractivity contribution is 7.27. The number of rotatable bonds is 7. The lowest BCUT2D eigenvalue weighted by Gasteiger charge is -2.22. The molecule has 29 rings (SSSR count). The van der Waals surface area contributed by atoms with E-state index >= 15 is 0 Å². The van der Waals surface area contributed by atoms with Gasteiger partial charge in [0, 0.05) is 130 Å². The van der Waals surface area contributed by atoms with Crippen molar-refractivity contribution in [2.24, 2.45) is 0 Å². The number of furan rings is 3. The average molecular weight is 1680 g/mol. The minimum Gasteiger partial charge on any atom is -0.464 e. The van der Waals surface area contributed by atoms with E-state index in [1.165, 1.54) is 190 Å². The van der Waals surface area contributed by atoms with Crippen LogP contribution in [0.4, 0.5) is 0 Å². The summed E-state index contributed by atoms with van der Waals surface area (Å²) in [5, 5.41) is 25.8. The summed E-state index contributed by atoms with van der Waals surface area (Å²) in [6.07, 6.45) is 5.54. The molecule has 0 aliphatic heterocycles. The van der Waals surface area contributed by atoms with Crippen molar-refractivity contribution in [3.05, 3.63) is 436 Å². The van der Waals surface area contributed by atoms with Crippen LogP contribution in [0, 0.1) is 0 Å². The smallest absolute Gasteiger partial charge is 0.136 e. The highest BCUT2D eigenvalue weighted by Gasteiger charge is 2.36. The normalized spacial score (nSPS) is 12.6. The summed E-state index contributed by atoms with van der Waals surface area (Å²) in [7, 11) is 0. The van der Waals surface area contributed by atoms with E-state index in [1.807, 2.05) is 42.1 Å². The molecule has 0 spiro atoms. The van der Waals surface area contributed by atoms with Crippen molar-refractivity contribution in [3.8, 4) is 72.7 Å². The Morgan fingerprint density at radius 1 is 0.254 bits per heavy atom. The molecular weight excluding hydrogens is 1600 g/mol. The number of aromatic nitrogens is 4. The van der Waals surface area contributed by atoms with Gasteiger partial charge in [-0.05, 0) is 221 Å². The van der Waals surface area contributed by atoms with Crippen molar-refractivity contribution in [1.82, 2.24) is 18.7 Å². The van der Waals surface area contributed by atoms with Crippen LogP contribution in [-0.4, -0.2) is 18.7 Å². The molecule has 1 aliphatic carbocycles. The molecule has 20 aromatic carbocycles. The summed E-state index contributed by atoms with van der Waals surface area (Å²) >= 11 is 1.89. The topological polar surface area (TPSA) is 67.1 Å². The summed E-state index contributed by atoms with van der Waals surface area (Å²) in [4.78, 5) is 4.29. The van der Waals surface area contributed by atoms with Crippen LogP contribution in [0.15, 0.2) is 438 Å². The zero-order valence-electron chi connectivity index (χ0n) is 70.8. The van der Waals surface area contributed by atoms with Gasteiger partial charge in [0.15, 0.2) is 0 Å². The average Bonchev–Trinajstić information content (AvgIpc) is 1.53. The van der Waals surface area contributed by atoms with Crippen LogP contribution in [0.1, 0.15) is 25.0 Å². The Balaban J connectivity index is 0.000000101. The van der Waals surface area contributed by atoms with Crippen molar-refractivity contribution in [2.45, 2.75) is 19.3 Å². The minimum atomic E-state index is -0.0752. The van der Waals surface area contributed by atoms with Crippen LogP contribution in [0.5, 0.6) is 0 Å². The fourth-order valence-corrected chi connectivity index (χ4v) is 23.1. The van der Waals surface area contributed by atoms with E-state index in [-0.39, 0.29) is 5.41 Å². The third kappa shape index (κ3) is 11.1. The maximum atomic E-state index is 6.67. The van der Waals surface area contributed by atoms with Gasteiger partial charge >= 0.3 is 0 Å². The Morgan fingerprint density at radius 3 is 1.35 bits per heavy atom. The number of hydrogen-bond donors (Lipinski definition) is 0. The third-order valence-electron chi connectivity index (χ3n) is 27.7. The van der Waals surface area contributed by atoms with Gasteiger partial charge in [-0.25, -0.2) is 0 Å². The summed E-state index contributed by atoms with van der Waals surface area (Å²) < 4.78 is 29.2. The molecule has 0 saturated carbocycles.